The van der Waals surface area contributed by atoms with Crippen LogP contribution < -0.4 is 10.6 Å². The zero-order valence-corrected chi connectivity index (χ0v) is 11.8. The molecule has 1 aliphatic carbocycles. The number of hydrogen-bond donors (Lipinski definition) is 1. The van der Waals surface area contributed by atoms with Gasteiger partial charge in [0.15, 0.2) is 0 Å². The van der Waals surface area contributed by atoms with Gasteiger partial charge in [-0.25, -0.2) is 0 Å². The van der Waals surface area contributed by atoms with Crippen LogP contribution in [0, 0.1) is 0 Å². The van der Waals surface area contributed by atoms with Crippen molar-refractivity contribution in [1.82, 2.24) is 4.90 Å². The van der Waals surface area contributed by atoms with Gasteiger partial charge < -0.3 is 15.5 Å². The Morgan fingerprint density at radius 3 is 2.37 bits per heavy atom. The van der Waals surface area contributed by atoms with Gasteiger partial charge in [-0.2, -0.15) is 0 Å². The molecule has 4 nitrogen and oxygen atoms in total. The molecule has 0 aromatic heterocycles. The Labute approximate surface area is 115 Å². The van der Waals surface area contributed by atoms with Crippen LogP contribution in [0.25, 0.3) is 0 Å². The summed E-state index contributed by atoms with van der Waals surface area (Å²) in [4.78, 5) is 16.5. The molecule has 2 N–H and O–H groups in total. The Morgan fingerprint density at radius 2 is 1.89 bits per heavy atom. The summed E-state index contributed by atoms with van der Waals surface area (Å²) >= 11 is 0. The first kappa shape index (κ1) is 13.9. The third-order valence-electron chi connectivity index (χ3n) is 3.48. The van der Waals surface area contributed by atoms with Gasteiger partial charge in [-0.3, -0.25) is 4.79 Å². The Morgan fingerprint density at radius 1 is 1.26 bits per heavy atom. The lowest BCUT2D eigenvalue weighted by molar-refractivity contribution is 0.0742. The van der Waals surface area contributed by atoms with Crippen molar-refractivity contribution >= 4 is 11.6 Å². The molecule has 1 aromatic carbocycles. The second-order valence-electron chi connectivity index (χ2n) is 5.31. The van der Waals surface area contributed by atoms with Gasteiger partial charge in [0.2, 0.25) is 0 Å². The maximum Gasteiger partial charge on any atom is 0.254 e. The average Bonchev–Trinajstić information content (AvgIpc) is 3.23. The summed E-state index contributed by atoms with van der Waals surface area (Å²) < 4.78 is 0. The molecule has 1 saturated carbocycles. The highest BCUT2D eigenvalue weighted by molar-refractivity contribution is 5.95. The van der Waals surface area contributed by atoms with Gasteiger partial charge in [-0.1, -0.05) is 0 Å². The fourth-order valence-electron chi connectivity index (χ4n) is 2.17. The largest absolute Gasteiger partial charge is 0.378 e. The number of carbonyl (C=O) groups is 1. The highest BCUT2D eigenvalue weighted by atomic mass is 16.2. The van der Waals surface area contributed by atoms with Crippen LogP contribution in [-0.4, -0.2) is 44.0 Å². The molecule has 0 spiro atoms. The quantitative estimate of drug-likeness (QED) is 0.848. The van der Waals surface area contributed by atoms with Gasteiger partial charge in [0, 0.05) is 37.9 Å². The van der Waals surface area contributed by atoms with E-state index in [-0.39, 0.29) is 5.91 Å². The Hall–Kier alpha value is -1.55. The first-order chi connectivity index (χ1) is 9.13. The monoisotopic (exact) mass is 261 g/mol. The van der Waals surface area contributed by atoms with Crippen molar-refractivity contribution in [3.05, 3.63) is 29.8 Å². The molecule has 19 heavy (non-hydrogen) atoms. The molecule has 1 fully saturated rings. The van der Waals surface area contributed by atoms with Gasteiger partial charge in [0.1, 0.15) is 0 Å². The van der Waals surface area contributed by atoms with Crippen molar-refractivity contribution in [2.45, 2.75) is 25.3 Å². The predicted molar refractivity (Wildman–Crippen MR) is 78.5 cm³/mol. The fourth-order valence-corrected chi connectivity index (χ4v) is 2.17. The summed E-state index contributed by atoms with van der Waals surface area (Å²) in [5.41, 5.74) is 7.43. The normalized spacial score (nSPS) is 14.3. The molecule has 1 aromatic rings. The highest BCUT2D eigenvalue weighted by Crippen LogP contribution is 2.28. The van der Waals surface area contributed by atoms with E-state index in [4.69, 9.17) is 5.73 Å². The SMILES string of the molecule is CN(C)c1ccc(C(=O)N(CCCN)C2CC2)cc1. The summed E-state index contributed by atoms with van der Waals surface area (Å²) in [6.07, 6.45) is 3.14. The van der Waals surface area contributed by atoms with E-state index in [0.29, 0.717) is 12.6 Å². The van der Waals surface area contributed by atoms with Crippen LogP contribution >= 0.6 is 0 Å². The maximum atomic E-state index is 12.5. The zero-order valence-electron chi connectivity index (χ0n) is 11.8. The molecule has 0 radical (unpaired) electrons. The van der Waals surface area contributed by atoms with Crippen LogP contribution in [-0.2, 0) is 0 Å². The van der Waals surface area contributed by atoms with E-state index < -0.39 is 0 Å². The molecule has 1 amide bonds. The number of benzene rings is 1. The summed E-state index contributed by atoms with van der Waals surface area (Å²) in [5, 5.41) is 0. The van der Waals surface area contributed by atoms with Crippen molar-refractivity contribution in [3.8, 4) is 0 Å². The number of carbonyl (C=O) groups excluding carboxylic acids is 1. The van der Waals surface area contributed by atoms with E-state index in [0.717, 1.165) is 37.1 Å². The second kappa shape index (κ2) is 6.06. The summed E-state index contributed by atoms with van der Waals surface area (Å²) in [6.45, 7) is 1.41. The number of nitrogens with zero attached hydrogens (tertiary/aromatic N) is 2. The lowest BCUT2D eigenvalue weighted by Gasteiger charge is -2.22. The van der Waals surface area contributed by atoms with Crippen LogP contribution in [0.2, 0.25) is 0 Å². The van der Waals surface area contributed by atoms with Gasteiger partial charge in [-0.15, -0.1) is 0 Å². The third kappa shape index (κ3) is 3.47. The molecule has 2 rings (SSSR count). The molecular weight excluding hydrogens is 238 g/mol. The molecule has 1 aliphatic rings. The summed E-state index contributed by atoms with van der Waals surface area (Å²) in [7, 11) is 3.99. The van der Waals surface area contributed by atoms with Gasteiger partial charge in [0.25, 0.3) is 5.91 Å². The Bertz CT molecular complexity index is 424. The van der Waals surface area contributed by atoms with Crippen LogP contribution in [0.5, 0.6) is 0 Å². The molecule has 104 valence electrons. The lowest BCUT2D eigenvalue weighted by Crippen LogP contribution is -2.34. The van der Waals surface area contributed by atoms with Crippen LogP contribution in [0.4, 0.5) is 5.69 Å². The van der Waals surface area contributed by atoms with Crippen LogP contribution in [0.1, 0.15) is 29.6 Å². The van der Waals surface area contributed by atoms with Crippen molar-refractivity contribution in [1.29, 1.82) is 0 Å². The number of hydrogen-bond acceptors (Lipinski definition) is 3. The van der Waals surface area contributed by atoms with Crippen molar-refractivity contribution in [2.75, 3.05) is 32.1 Å². The maximum absolute atomic E-state index is 12.5. The summed E-state index contributed by atoms with van der Waals surface area (Å²) in [5.74, 6) is 0.140. The van der Waals surface area contributed by atoms with E-state index in [2.05, 4.69) is 0 Å². The van der Waals surface area contributed by atoms with Crippen molar-refractivity contribution < 1.29 is 4.79 Å². The third-order valence-corrected chi connectivity index (χ3v) is 3.48. The fraction of sp³-hybridized carbons (Fsp3) is 0.533. The minimum absolute atomic E-state index is 0.140. The number of nitrogens with two attached hydrogens (primary N) is 1. The number of anilines is 1. The molecule has 0 heterocycles. The predicted octanol–water partition coefficient (Wildman–Crippen LogP) is 1.71. The highest BCUT2D eigenvalue weighted by Gasteiger charge is 2.32. The molecule has 0 atom stereocenters. The molecule has 0 unspecified atom stereocenters. The molecule has 4 heteroatoms. The first-order valence-electron chi connectivity index (χ1n) is 6.92. The van der Waals surface area contributed by atoms with Crippen LogP contribution in [0.15, 0.2) is 24.3 Å². The van der Waals surface area contributed by atoms with Crippen molar-refractivity contribution in [3.63, 3.8) is 0 Å². The van der Waals surface area contributed by atoms with Gasteiger partial charge in [-0.05, 0) is 50.1 Å². The topological polar surface area (TPSA) is 49.6 Å². The standard InChI is InChI=1S/C15H23N3O/c1-17(2)13-6-4-12(5-7-13)15(19)18(11-3-10-16)14-8-9-14/h4-7,14H,3,8-11,16H2,1-2H3. The zero-order chi connectivity index (χ0) is 13.8. The minimum Gasteiger partial charge on any atom is -0.378 e. The van der Waals surface area contributed by atoms with Crippen LogP contribution in [0.3, 0.4) is 0 Å². The van der Waals surface area contributed by atoms with Gasteiger partial charge >= 0.3 is 0 Å². The molecular formula is C15H23N3O. The van der Waals surface area contributed by atoms with E-state index in [1.165, 1.54) is 0 Å². The Kier molecular flexibility index (Phi) is 4.43. The lowest BCUT2D eigenvalue weighted by atomic mass is 10.1. The molecule has 0 saturated heterocycles. The molecule has 0 aliphatic heterocycles. The smallest absolute Gasteiger partial charge is 0.254 e. The van der Waals surface area contributed by atoms with Crippen molar-refractivity contribution in [2.24, 2.45) is 5.73 Å². The number of amides is 1. The van der Waals surface area contributed by atoms with E-state index in [1.54, 1.807) is 0 Å². The van der Waals surface area contributed by atoms with E-state index in [1.807, 2.05) is 48.2 Å². The van der Waals surface area contributed by atoms with Gasteiger partial charge in [0.05, 0.1) is 0 Å². The summed E-state index contributed by atoms with van der Waals surface area (Å²) in [6, 6.07) is 8.24. The first-order valence-corrected chi connectivity index (χ1v) is 6.92. The minimum atomic E-state index is 0.140. The average molecular weight is 261 g/mol. The second-order valence-corrected chi connectivity index (χ2v) is 5.31. The molecule has 0 bridgehead atoms. The van der Waals surface area contributed by atoms with E-state index >= 15 is 0 Å². The van der Waals surface area contributed by atoms with E-state index in [9.17, 15) is 4.79 Å². The Balaban J connectivity index is 2.07. The number of rotatable bonds is 6.